The van der Waals surface area contributed by atoms with E-state index in [0.29, 0.717) is 12.2 Å². The topological polar surface area (TPSA) is 84.5 Å². The number of nitrogens with one attached hydrogen (secondary N) is 2. The van der Waals surface area contributed by atoms with E-state index in [2.05, 4.69) is 10.9 Å². The monoisotopic (exact) mass is 324 g/mol. The molecule has 2 unspecified atom stereocenters. The molecule has 22 heavy (non-hydrogen) atoms. The molecule has 7 heteroatoms. The Hall–Kier alpha value is -1.86. The first-order chi connectivity index (χ1) is 10.3. The van der Waals surface area contributed by atoms with Crippen LogP contribution >= 0.6 is 0 Å². The Morgan fingerprint density at radius 3 is 2.68 bits per heavy atom. The second-order valence-corrected chi connectivity index (χ2v) is 7.43. The lowest BCUT2D eigenvalue weighted by molar-refractivity contribution is -0.125. The molecule has 1 aliphatic rings. The molecule has 1 saturated heterocycles. The third kappa shape index (κ3) is 3.86. The van der Waals surface area contributed by atoms with E-state index in [0.717, 1.165) is 11.8 Å². The van der Waals surface area contributed by atoms with Gasteiger partial charge in [0.1, 0.15) is 10.6 Å². The minimum absolute atomic E-state index is 0.00138. The summed E-state index contributed by atoms with van der Waals surface area (Å²) in [5, 5.41) is 0. The van der Waals surface area contributed by atoms with Crippen molar-refractivity contribution in [2.45, 2.75) is 24.3 Å². The van der Waals surface area contributed by atoms with E-state index in [4.69, 9.17) is 4.74 Å². The van der Waals surface area contributed by atoms with Crippen molar-refractivity contribution in [3.05, 3.63) is 29.8 Å². The molecule has 0 spiro atoms. The van der Waals surface area contributed by atoms with Crippen molar-refractivity contribution < 1.29 is 17.9 Å². The number of ether oxygens (including phenoxy) is 1. The van der Waals surface area contributed by atoms with Gasteiger partial charge in [0.05, 0.1) is 7.11 Å². The molecule has 6 nitrogen and oxygen atoms in total. The van der Waals surface area contributed by atoms with Crippen LogP contribution in [0.5, 0.6) is 5.75 Å². The fourth-order valence-electron chi connectivity index (χ4n) is 2.32. The van der Waals surface area contributed by atoms with Gasteiger partial charge in [-0.2, -0.15) is 0 Å². The minimum atomic E-state index is -3.36. The predicted octanol–water partition coefficient (Wildman–Crippen LogP) is 1.14. The normalized spacial score (nSPS) is 22.6. The van der Waals surface area contributed by atoms with Crippen molar-refractivity contribution >= 4 is 21.8 Å². The molecule has 1 fully saturated rings. The van der Waals surface area contributed by atoms with Gasteiger partial charge in [0.2, 0.25) is 5.91 Å². The lowest BCUT2D eigenvalue weighted by Crippen LogP contribution is -2.52. The molecule has 0 saturated carbocycles. The molecule has 0 aromatic heterocycles. The van der Waals surface area contributed by atoms with Crippen LogP contribution in [0, 0.1) is 5.92 Å². The van der Waals surface area contributed by atoms with E-state index in [9.17, 15) is 13.2 Å². The van der Waals surface area contributed by atoms with Crippen LogP contribution in [0.3, 0.4) is 0 Å². The number of rotatable bonds is 4. The second-order valence-electron chi connectivity index (χ2n) is 5.44. The van der Waals surface area contributed by atoms with E-state index in [1.165, 1.54) is 7.11 Å². The molecule has 2 atom stereocenters. The van der Waals surface area contributed by atoms with Gasteiger partial charge in [-0.3, -0.25) is 10.2 Å². The highest BCUT2D eigenvalue weighted by molar-refractivity contribution is 7.90. The molecule has 0 aliphatic carbocycles. The van der Waals surface area contributed by atoms with E-state index < -0.39 is 9.84 Å². The number of sulfone groups is 1. The molecule has 1 aromatic rings. The molecular formula is C15H20N2O4S. The fourth-order valence-corrected chi connectivity index (χ4v) is 3.18. The number of carbonyl (C=O) groups excluding carboxylic acids is 1. The van der Waals surface area contributed by atoms with E-state index in [1.54, 1.807) is 18.2 Å². The molecule has 120 valence electrons. The standard InChI is InChI=1S/C15H20N2O4S/c1-10-8-15(18)17-16-12(10)6-4-11-5-7-13(21-2)14(9-11)22(3,19)20/h4-7,9-10,12,16H,8H2,1-3H3,(H,17,18)/b6-4+. The number of amides is 1. The summed E-state index contributed by atoms with van der Waals surface area (Å²) < 4.78 is 28.7. The number of hydrazine groups is 1. The van der Waals surface area contributed by atoms with Crippen LogP contribution in [0.1, 0.15) is 18.9 Å². The summed E-state index contributed by atoms with van der Waals surface area (Å²) in [6, 6.07) is 5.00. The minimum Gasteiger partial charge on any atom is -0.495 e. The lowest BCUT2D eigenvalue weighted by Gasteiger charge is -2.27. The first kappa shape index (κ1) is 16.5. The van der Waals surface area contributed by atoms with Gasteiger partial charge in [0, 0.05) is 18.7 Å². The Kier molecular flexibility index (Phi) is 4.87. The van der Waals surface area contributed by atoms with Crippen molar-refractivity contribution in [2.75, 3.05) is 13.4 Å². The molecular weight excluding hydrogens is 304 g/mol. The predicted molar refractivity (Wildman–Crippen MR) is 84.0 cm³/mol. The first-order valence-electron chi connectivity index (χ1n) is 6.92. The van der Waals surface area contributed by atoms with Crippen LogP contribution < -0.4 is 15.6 Å². The zero-order chi connectivity index (χ0) is 16.3. The van der Waals surface area contributed by atoms with Crippen LogP contribution in [0.25, 0.3) is 6.08 Å². The average Bonchev–Trinajstić information content (AvgIpc) is 2.45. The fraction of sp³-hybridized carbons (Fsp3) is 0.400. The number of hydrogen-bond acceptors (Lipinski definition) is 5. The Morgan fingerprint density at radius 1 is 1.36 bits per heavy atom. The van der Waals surface area contributed by atoms with Crippen molar-refractivity contribution in [2.24, 2.45) is 5.92 Å². The summed E-state index contributed by atoms with van der Waals surface area (Å²) in [6.07, 6.45) is 5.36. The summed E-state index contributed by atoms with van der Waals surface area (Å²) >= 11 is 0. The van der Waals surface area contributed by atoms with E-state index in [1.807, 2.05) is 19.1 Å². The Labute approximate surface area is 130 Å². The van der Waals surface area contributed by atoms with Gasteiger partial charge in [0.15, 0.2) is 9.84 Å². The zero-order valence-electron chi connectivity index (χ0n) is 12.8. The summed E-state index contributed by atoms with van der Waals surface area (Å²) in [6.45, 7) is 1.98. The van der Waals surface area contributed by atoms with Gasteiger partial charge >= 0.3 is 0 Å². The van der Waals surface area contributed by atoms with Gasteiger partial charge in [-0.1, -0.05) is 25.1 Å². The Balaban J connectivity index is 2.23. The molecule has 2 N–H and O–H groups in total. The Morgan fingerprint density at radius 2 is 2.09 bits per heavy atom. The smallest absolute Gasteiger partial charge is 0.234 e. The Bertz CT molecular complexity index is 697. The maximum atomic E-state index is 11.8. The van der Waals surface area contributed by atoms with Crippen molar-refractivity contribution in [3.8, 4) is 5.75 Å². The SMILES string of the molecule is COc1ccc(/C=C/C2NNC(=O)CC2C)cc1S(C)(=O)=O. The van der Waals surface area contributed by atoms with Crippen molar-refractivity contribution in [3.63, 3.8) is 0 Å². The second kappa shape index (κ2) is 6.50. The van der Waals surface area contributed by atoms with Gasteiger partial charge in [-0.25, -0.2) is 13.8 Å². The van der Waals surface area contributed by atoms with Crippen LogP contribution in [0.15, 0.2) is 29.2 Å². The third-order valence-corrected chi connectivity index (χ3v) is 4.70. The maximum absolute atomic E-state index is 11.8. The van der Waals surface area contributed by atoms with Gasteiger partial charge in [0.25, 0.3) is 0 Å². The maximum Gasteiger partial charge on any atom is 0.234 e. The van der Waals surface area contributed by atoms with Crippen molar-refractivity contribution in [1.82, 2.24) is 10.9 Å². The largest absolute Gasteiger partial charge is 0.495 e. The van der Waals surface area contributed by atoms with Crippen LogP contribution in [0.4, 0.5) is 0 Å². The van der Waals surface area contributed by atoms with Crippen LogP contribution in [-0.4, -0.2) is 33.7 Å². The number of hydrogen-bond donors (Lipinski definition) is 2. The van der Waals surface area contributed by atoms with Crippen LogP contribution in [0.2, 0.25) is 0 Å². The molecule has 0 bridgehead atoms. The molecule has 1 amide bonds. The highest BCUT2D eigenvalue weighted by Crippen LogP contribution is 2.25. The molecule has 1 heterocycles. The van der Waals surface area contributed by atoms with E-state index in [-0.39, 0.29) is 22.8 Å². The lowest BCUT2D eigenvalue weighted by atomic mass is 9.96. The summed E-state index contributed by atoms with van der Waals surface area (Å²) in [4.78, 5) is 11.4. The third-order valence-electron chi connectivity index (χ3n) is 3.58. The number of benzene rings is 1. The van der Waals surface area contributed by atoms with Crippen molar-refractivity contribution in [1.29, 1.82) is 0 Å². The van der Waals surface area contributed by atoms with Gasteiger partial charge in [-0.05, 0) is 23.6 Å². The molecule has 2 rings (SSSR count). The highest BCUT2D eigenvalue weighted by atomic mass is 32.2. The highest BCUT2D eigenvalue weighted by Gasteiger charge is 2.23. The van der Waals surface area contributed by atoms with Gasteiger partial charge in [-0.15, -0.1) is 0 Å². The van der Waals surface area contributed by atoms with E-state index >= 15 is 0 Å². The summed E-state index contributed by atoms with van der Waals surface area (Å²) in [5.41, 5.74) is 6.28. The summed E-state index contributed by atoms with van der Waals surface area (Å²) in [5.74, 6) is 0.467. The number of carbonyl (C=O) groups is 1. The molecule has 1 aliphatic heterocycles. The molecule has 0 radical (unpaired) electrons. The van der Waals surface area contributed by atoms with Gasteiger partial charge < -0.3 is 4.74 Å². The average molecular weight is 324 g/mol. The summed E-state index contributed by atoms with van der Waals surface area (Å²) in [7, 11) is -1.92. The number of methoxy groups -OCH3 is 1. The quantitative estimate of drug-likeness (QED) is 0.868. The van der Waals surface area contributed by atoms with Crippen LogP contribution in [-0.2, 0) is 14.6 Å². The first-order valence-corrected chi connectivity index (χ1v) is 8.81. The zero-order valence-corrected chi connectivity index (χ0v) is 13.6. The molecule has 1 aromatic carbocycles.